The first-order valence-electron chi connectivity index (χ1n) is 9.09. The topological polar surface area (TPSA) is 76.2 Å². The Balaban J connectivity index is 1.62. The first-order valence-corrected chi connectivity index (χ1v) is 9.91. The Morgan fingerprint density at radius 1 is 1.04 bits per heavy atom. The van der Waals surface area contributed by atoms with E-state index in [1.165, 1.54) is 6.92 Å². The van der Waals surface area contributed by atoms with Gasteiger partial charge in [0.2, 0.25) is 0 Å². The fourth-order valence-electron chi connectivity index (χ4n) is 3.32. The quantitative estimate of drug-likeness (QED) is 0.739. The Hall–Kier alpha value is -2.71. The number of benzene rings is 1. The first kappa shape index (κ1) is 18.6. The fourth-order valence-corrected chi connectivity index (χ4v) is 4.17. The van der Waals surface area contributed by atoms with Crippen LogP contribution in [0.5, 0.6) is 5.75 Å². The van der Waals surface area contributed by atoms with Crippen LogP contribution < -0.4 is 9.64 Å². The van der Waals surface area contributed by atoms with Crippen molar-refractivity contribution in [3.63, 3.8) is 0 Å². The van der Waals surface area contributed by atoms with Gasteiger partial charge >= 0.3 is 0 Å². The summed E-state index contributed by atoms with van der Waals surface area (Å²) in [6, 6.07) is 10.5. The van der Waals surface area contributed by atoms with Gasteiger partial charge in [-0.15, -0.1) is 11.3 Å². The minimum Gasteiger partial charge on any atom is -0.476 e. The minimum atomic E-state index is -0.774. The van der Waals surface area contributed by atoms with Crippen molar-refractivity contribution >= 4 is 34.6 Å². The molecule has 2 aliphatic rings. The van der Waals surface area contributed by atoms with Gasteiger partial charge in [0.05, 0.1) is 35.2 Å². The Morgan fingerprint density at radius 3 is 2.46 bits per heavy atom. The number of fused-ring (bicyclic) bond motifs is 1. The average molecular weight is 400 g/mol. The highest BCUT2D eigenvalue weighted by Crippen LogP contribution is 2.35. The molecule has 2 aromatic rings. The van der Waals surface area contributed by atoms with E-state index < -0.39 is 6.10 Å². The van der Waals surface area contributed by atoms with E-state index in [9.17, 15) is 14.4 Å². The highest BCUT2D eigenvalue weighted by molar-refractivity contribution is 7.16. The number of carbonyl (C=O) groups is 3. The second kappa shape index (κ2) is 7.73. The first-order chi connectivity index (χ1) is 13.5. The minimum absolute atomic E-state index is 0.0770. The number of amides is 2. The summed E-state index contributed by atoms with van der Waals surface area (Å²) in [5.41, 5.74) is 0.622. The molecule has 146 valence electrons. The summed E-state index contributed by atoms with van der Waals surface area (Å²) < 4.78 is 11.2. The van der Waals surface area contributed by atoms with Crippen LogP contribution >= 0.6 is 11.3 Å². The third-order valence-corrected chi connectivity index (χ3v) is 5.95. The molecule has 8 heteroatoms. The van der Waals surface area contributed by atoms with Gasteiger partial charge in [-0.05, 0) is 31.2 Å². The van der Waals surface area contributed by atoms with Crippen molar-refractivity contribution in [1.82, 2.24) is 4.90 Å². The molecule has 0 bridgehead atoms. The second-order valence-corrected chi connectivity index (χ2v) is 7.73. The van der Waals surface area contributed by atoms with Gasteiger partial charge in [0.1, 0.15) is 5.75 Å². The zero-order chi connectivity index (χ0) is 19.7. The molecule has 1 saturated heterocycles. The number of para-hydroxylation sites is 2. The zero-order valence-corrected chi connectivity index (χ0v) is 16.2. The van der Waals surface area contributed by atoms with Crippen molar-refractivity contribution in [3.05, 3.63) is 46.2 Å². The lowest BCUT2D eigenvalue weighted by Gasteiger charge is -2.37. The number of thiophene rings is 1. The summed E-state index contributed by atoms with van der Waals surface area (Å²) in [4.78, 5) is 41.9. The van der Waals surface area contributed by atoms with Gasteiger partial charge in [-0.25, -0.2) is 0 Å². The largest absolute Gasteiger partial charge is 0.476 e. The third-order valence-electron chi connectivity index (χ3n) is 4.78. The summed E-state index contributed by atoms with van der Waals surface area (Å²) in [6.45, 7) is 3.63. The molecule has 3 heterocycles. The van der Waals surface area contributed by atoms with E-state index in [1.54, 1.807) is 34.1 Å². The van der Waals surface area contributed by atoms with Crippen LogP contribution in [0, 0.1) is 0 Å². The molecule has 2 aliphatic heterocycles. The normalized spacial score (nSPS) is 19.0. The maximum atomic E-state index is 13.2. The number of nitrogens with zero attached hydrogens (tertiary/aromatic N) is 2. The van der Waals surface area contributed by atoms with Crippen molar-refractivity contribution < 1.29 is 23.9 Å². The summed E-state index contributed by atoms with van der Waals surface area (Å²) in [6.07, 6.45) is -0.774. The van der Waals surface area contributed by atoms with E-state index in [0.29, 0.717) is 47.5 Å². The number of ether oxygens (including phenoxy) is 2. The molecule has 0 spiro atoms. The SMILES string of the molecule is CC(=O)c1ccc(C(=O)N2C[C@@H](C(=O)N3CCOCC3)Oc3ccccc32)s1. The van der Waals surface area contributed by atoms with Crippen LogP contribution in [0.1, 0.15) is 26.3 Å². The number of anilines is 1. The number of carbonyl (C=O) groups excluding carboxylic acids is 3. The van der Waals surface area contributed by atoms with Crippen LogP contribution in [-0.2, 0) is 9.53 Å². The standard InChI is InChI=1S/C20H20N2O5S/c1-13(23)17-6-7-18(28-17)20(25)22-12-16(19(24)21-8-10-26-11-9-21)27-15-5-3-2-4-14(15)22/h2-7,16H,8-12H2,1H3/t16-/m0/s1. The van der Waals surface area contributed by atoms with Crippen molar-refractivity contribution in [3.8, 4) is 5.75 Å². The smallest absolute Gasteiger partial charge is 0.268 e. The predicted molar refractivity (Wildman–Crippen MR) is 104 cm³/mol. The molecule has 2 amide bonds. The molecule has 7 nitrogen and oxygen atoms in total. The molecule has 4 rings (SSSR count). The number of rotatable bonds is 3. The van der Waals surface area contributed by atoms with Gasteiger partial charge in [-0.2, -0.15) is 0 Å². The number of hydrogen-bond donors (Lipinski definition) is 0. The number of morpholine rings is 1. The summed E-state index contributed by atoms with van der Waals surface area (Å²) in [5.74, 6) is 0.0306. The van der Waals surface area contributed by atoms with Crippen LogP contribution in [0.25, 0.3) is 0 Å². The molecule has 0 N–H and O–H groups in total. The zero-order valence-electron chi connectivity index (χ0n) is 15.4. The monoisotopic (exact) mass is 400 g/mol. The lowest BCUT2D eigenvalue weighted by atomic mass is 10.1. The highest BCUT2D eigenvalue weighted by atomic mass is 32.1. The third kappa shape index (κ3) is 3.53. The molecule has 1 aromatic carbocycles. The predicted octanol–water partition coefficient (Wildman–Crippen LogP) is 2.22. The van der Waals surface area contributed by atoms with E-state index in [4.69, 9.17) is 9.47 Å². The molecule has 1 aromatic heterocycles. The lowest BCUT2D eigenvalue weighted by Crippen LogP contribution is -2.54. The van der Waals surface area contributed by atoms with Gasteiger partial charge < -0.3 is 14.4 Å². The van der Waals surface area contributed by atoms with E-state index >= 15 is 0 Å². The Morgan fingerprint density at radius 2 is 1.75 bits per heavy atom. The van der Waals surface area contributed by atoms with Gasteiger partial charge in [-0.3, -0.25) is 19.3 Å². The maximum absolute atomic E-state index is 13.2. The molecular formula is C20H20N2O5S. The molecule has 1 fully saturated rings. The second-order valence-electron chi connectivity index (χ2n) is 6.65. The number of hydrogen-bond acceptors (Lipinski definition) is 6. The van der Waals surface area contributed by atoms with Crippen molar-refractivity contribution in [2.75, 3.05) is 37.7 Å². The molecule has 0 saturated carbocycles. The molecular weight excluding hydrogens is 380 g/mol. The van der Waals surface area contributed by atoms with Crippen LogP contribution in [0.2, 0.25) is 0 Å². The van der Waals surface area contributed by atoms with E-state index in [1.807, 2.05) is 12.1 Å². The molecule has 0 radical (unpaired) electrons. The van der Waals surface area contributed by atoms with Gasteiger partial charge in [-0.1, -0.05) is 12.1 Å². The highest BCUT2D eigenvalue weighted by Gasteiger charge is 2.37. The number of ketones is 1. The molecule has 1 atom stereocenters. The Labute approximate surface area is 166 Å². The lowest BCUT2D eigenvalue weighted by molar-refractivity contribution is -0.142. The Bertz CT molecular complexity index is 919. The van der Waals surface area contributed by atoms with Gasteiger partial charge in [0.25, 0.3) is 11.8 Å². The van der Waals surface area contributed by atoms with Crippen molar-refractivity contribution in [1.29, 1.82) is 0 Å². The van der Waals surface area contributed by atoms with Crippen LogP contribution in [0.15, 0.2) is 36.4 Å². The van der Waals surface area contributed by atoms with Crippen molar-refractivity contribution in [2.45, 2.75) is 13.0 Å². The van der Waals surface area contributed by atoms with Gasteiger partial charge in [0, 0.05) is 13.1 Å². The van der Waals surface area contributed by atoms with E-state index in [2.05, 4.69) is 0 Å². The van der Waals surface area contributed by atoms with Crippen LogP contribution in [-0.4, -0.2) is 61.4 Å². The average Bonchev–Trinajstić information content (AvgIpc) is 3.23. The van der Waals surface area contributed by atoms with E-state index in [0.717, 1.165) is 11.3 Å². The summed E-state index contributed by atoms with van der Waals surface area (Å²) >= 11 is 1.16. The maximum Gasteiger partial charge on any atom is 0.268 e. The van der Waals surface area contributed by atoms with Crippen LogP contribution in [0.4, 0.5) is 5.69 Å². The molecule has 0 unspecified atom stereocenters. The van der Waals surface area contributed by atoms with Crippen LogP contribution in [0.3, 0.4) is 0 Å². The molecule has 0 aliphatic carbocycles. The van der Waals surface area contributed by atoms with E-state index in [-0.39, 0.29) is 24.1 Å². The van der Waals surface area contributed by atoms with Crippen molar-refractivity contribution in [2.24, 2.45) is 0 Å². The molecule has 28 heavy (non-hydrogen) atoms. The summed E-state index contributed by atoms with van der Waals surface area (Å²) in [7, 11) is 0. The van der Waals surface area contributed by atoms with Gasteiger partial charge in [0.15, 0.2) is 11.9 Å². The summed E-state index contributed by atoms with van der Waals surface area (Å²) in [5, 5.41) is 0. The number of Topliss-reactive ketones (excluding diaryl/α,β-unsaturated/α-hetero) is 1. The fraction of sp³-hybridized carbons (Fsp3) is 0.350. The Kier molecular flexibility index (Phi) is 5.15.